The number of unbranched alkanes of at least 4 members (excludes halogenated alkanes) is 6. The molecule has 6 aromatic rings. The monoisotopic (exact) mass is 838 g/mol. The number of carbonyl (C=O) groups excluding carboxylic acids is 2. The zero-order valence-corrected chi connectivity index (χ0v) is 36.1. The van der Waals surface area contributed by atoms with E-state index in [1.54, 1.807) is 24.3 Å². The van der Waals surface area contributed by atoms with Gasteiger partial charge in [-0.15, -0.1) is 36.4 Å². The van der Waals surface area contributed by atoms with E-state index in [1.165, 1.54) is 21.9 Å². The van der Waals surface area contributed by atoms with Gasteiger partial charge in [0.25, 0.3) is 0 Å². The number of rotatable bonds is 14. The molecule has 6 aromatic carbocycles. The smallest absolute Gasteiger partial charge is 0.359 e. The molecule has 0 aliphatic rings. The Morgan fingerprint density at radius 1 is 0.508 bits per heavy atom. The molecule has 0 unspecified atom stereocenters. The van der Waals surface area contributed by atoms with E-state index in [-0.39, 0.29) is 44.9 Å². The summed E-state index contributed by atoms with van der Waals surface area (Å²) in [5.74, 6) is -3.80. The van der Waals surface area contributed by atoms with Gasteiger partial charge in [-0.2, -0.15) is 36.4 Å². The van der Waals surface area contributed by atoms with E-state index in [1.807, 2.05) is 111 Å². The summed E-state index contributed by atoms with van der Waals surface area (Å²) in [6.07, 6.45) is 7.72. The number of benzene rings is 4. The molecule has 0 heterocycles. The van der Waals surface area contributed by atoms with Crippen molar-refractivity contribution in [2.24, 2.45) is 0 Å². The van der Waals surface area contributed by atoms with Gasteiger partial charge in [-0.25, -0.2) is 41.8 Å². The van der Waals surface area contributed by atoms with E-state index >= 15 is 0 Å². The topological polar surface area (TPSA) is 40.6 Å². The quantitative estimate of drug-likeness (QED) is 0.0474. The molecule has 0 aromatic heterocycles. The van der Waals surface area contributed by atoms with Crippen LogP contribution in [-0.4, -0.2) is 24.9 Å². The third kappa shape index (κ3) is 18.2. The van der Waals surface area contributed by atoms with Crippen LogP contribution in [0.25, 0.3) is 0 Å². The molecule has 0 bridgehead atoms. The Labute approximate surface area is 363 Å². The Morgan fingerprint density at radius 2 is 0.847 bits per heavy atom. The molecule has 0 aliphatic carbocycles. The average molecular weight is 839 g/mol. The molecular weight excluding hydrogens is 784 g/mol. The largest absolute Gasteiger partial charge is 4.00 e. The van der Waals surface area contributed by atoms with Crippen LogP contribution in [0.3, 0.4) is 0 Å². The van der Waals surface area contributed by atoms with Crippen molar-refractivity contribution in [3.63, 3.8) is 0 Å². The molecule has 0 atom stereocenters. The summed E-state index contributed by atoms with van der Waals surface area (Å²) in [5, 5.41) is 0. The van der Waals surface area contributed by atoms with Gasteiger partial charge in [0.1, 0.15) is 0 Å². The second kappa shape index (κ2) is 28.4. The van der Waals surface area contributed by atoms with Gasteiger partial charge in [-0.3, -0.25) is 9.59 Å². The summed E-state index contributed by atoms with van der Waals surface area (Å²) in [6, 6.07) is 43.1. The molecule has 0 fully saturated rings. The second-order valence-corrected chi connectivity index (χ2v) is 13.7. The Bertz CT molecular complexity index is 1830. The van der Waals surface area contributed by atoms with E-state index in [0.29, 0.717) is 24.2 Å². The number of amides is 2. The molecule has 0 spiro atoms. The third-order valence-electron chi connectivity index (χ3n) is 8.93. The fraction of sp³-hybridized carbons (Fsp3) is 0.280. The molecule has 308 valence electrons. The van der Waals surface area contributed by atoms with E-state index in [2.05, 4.69) is 13.8 Å². The zero-order chi connectivity index (χ0) is 42.1. The van der Waals surface area contributed by atoms with Crippen molar-refractivity contribution in [1.29, 1.82) is 0 Å². The van der Waals surface area contributed by atoms with Gasteiger partial charge in [-0.1, -0.05) is 87.8 Å². The van der Waals surface area contributed by atoms with Crippen LogP contribution in [-0.2, 0) is 21.7 Å². The Hall–Kier alpha value is -5.05. The fourth-order valence-corrected chi connectivity index (χ4v) is 5.69. The first kappa shape index (κ1) is 50.1. The van der Waals surface area contributed by atoms with Gasteiger partial charge in [0.15, 0.2) is 0 Å². The average Bonchev–Trinajstić information content (AvgIpc) is 4.01. The second-order valence-electron chi connectivity index (χ2n) is 13.7. The number of anilines is 2. The third-order valence-corrected chi connectivity index (χ3v) is 8.93. The van der Waals surface area contributed by atoms with Gasteiger partial charge in [0.05, 0.1) is 0 Å². The summed E-state index contributed by atoms with van der Waals surface area (Å²) in [6.45, 7) is 8.86. The number of nitrogens with zero attached hydrogens (tertiary/aromatic N) is 2. The first-order chi connectivity index (χ1) is 28.0. The molecule has 0 aliphatic heterocycles. The summed E-state index contributed by atoms with van der Waals surface area (Å²) in [5.41, 5.74) is 3.20. The molecule has 0 N–H and O–H groups in total. The van der Waals surface area contributed by atoms with Crippen LogP contribution in [0.5, 0.6) is 0 Å². The summed E-state index contributed by atoms with van der Waals surface area (Å²) in [4.78, 5) is 28.4. The molecule has 2 amide bonds. The molecular formula is C50H54F4N2O2Ti. The number of halogens is 4. The van der Waals surface area contributed by atoms with E-state index < -0.39 is 23.3 Å². The standard InChI is InChI=1S/2C20H22F2NO.2C5H5.Ti/c2*1-3-4-5-6-13-23(19-12-11-17(21)14-18(19)22)20(24)16-9-7-15(2)8-10-16;2*1-2-4-5-3-1;/h2*7-12H,3-6,13H2,1-2H3;2*1-5H;/q4*-1;+4. The number of hydrogen-bond donors (Lipinski definition) is 0. The van der Waals surface area contributed by atoms with Gasteiger partial charge >= 0.3 is 21.7 Å². The van der Waals surface area contributed by atoms with Crippen molar-refractivity contribution in [2.75, 3.05) is 22.9 Å². The van der Waals surface area contributed by atoms with Crippen LogP contribution in [0.1, 0.15) is 97.1 Å². The van der Waals surface area contributed by atoms with Crippen LogP contribution in [0, 0.1) is 49.2 Å². The predicted octanol–water partition coefficient (Wildman–Crippen LogP) is 13.4. The number of aryl methyl sites for hydroxylation is 2. The molecule has 59 heavy (non-hydrogen) atoms. The Kier molecular flexibility index (Phi) is 24.1. The molecule has 6 rings (SSSR count). The van der Waals surface area contributed by atoms with Gasteiger partial charge in [-0.05, 0) is 62.3 Å². The molecule has 4 nitrogen and oxygen atoms in total. The molecule has 0 saturated carbocycles. The first-order valence-corrected chi connectivity index (χ1v) is 19.9. The van der Waals surface area contributed by atoms with Crippen molar-refractivity contribution < 1.29 is 48.9 Å². The normalized spacial score (nSPS) is 10.0. The predicted molar refractivity (Wildman–Crippen MR) is 228 cm³/mol. The van der Waals surface area contributed by atoms with Crippen LogP contribution >= 0.6 is 0 Å². The molecule has 0 saturated heterocycles. The van der Waals surface area contributed by atoms with Crippen molar-refractivity contribution in [1.82, 2.24) is 0 Å². The van der Waals surface area contributed by atoms with Crippen LogP contribution in [0.15, 0.2) is 133 Å². The fourth-order valence-electron chi connectivity index (χ4n) is 5.69. The minimum Gasteiger partial charge on any atom is -0.359 e. The maximum atomic E-state index is 14.1. The zero-order valence-electron chi connectivity index (χ0n) is 34.5. The maximum Gasteiger partial charge on any atom is 4.00 e. The Morgan fingerprint density at radius 3 is 1.12 bits per heavy atom. The van der Waals surface area contributed by atoms with Crippen molar-refractivity contribution >= 4 is 23.2 Å². The Balaban J connectivity index is 0.000000323. The van der Waals surface area contributed by atoms with Gasteiger partial charge < -0.3 is 9.80 Å². The van der Waals surface area contributed by atoms with Gasteiger partial charge in [0, 0.05) is 47.5 Å². The summed E-state index contributed by atoms with van der Waals surface area (Å²) < 4.78 is 54.5. The van der Waals surface area contributed by atoms with Crippen LogP contribution < -0.4 is 9.80 Å². The minimum absolute atomic E-state index is 0. The minimum atomic E-state index is -0.842. The first-order valence-electron chi connectivity index (χ1n) is 19.9. The van der Waals surface area contributed by atoms with Crippen LogP contribution in [0.4, 0.5) is 28.9 Å². The molecule has 0 radical (unpaired) electrons. The van der Waals surface area contributed by atoms with Crippen molar-refractivity contribution in [3.05, 3.63) is 191 Å². The van der Waals surface area contributed by atoms with Crippen LogP contribution in [0.2, 0.25) is 0 Å². The molecule has 9 heteroatoms. The summed E-state index contributed by atoms with van der Waals surface area (Å²) in [7, 11) is 0. The van der Waals surface area contributed by atoms with Crippen molar-refractivity contribution in [2.45, 2.75) is 79.1 Å². The summed E-state index contributed by atoms with van der Waals surface area (Å²) >= 11 is 0. The van der Waals surface area contributed by atoms with E-state index in [9.17, 15) is 27.2 Å². The SMILES string of the molecule is CCCCCCN(C(=O)c1ccc(C)cc1)c1ccc(F)[c-]c1F.CCCCCCN(C(=O)c1ccc(C)cc1)c1ccc(F)[c-]c1F.[Ti+4].c1cc[cH-]c1.c1cc[cH-]c1. The van der Waals surface area contributed by atoms with E-state index in [4.69, 9.17) is 0 Å². The van der Waals surface area contributed by atoms with Gasteiger partial charge in [0.2, 0.25) is 11.8 Å². The maximum absolute atomic E-state index is 14.1. The number of hydrogen-bond acceptors (Lipinski definition) is 2. The number of carbonyl (C=O) groups is 2. The van der Waals surface area contributed by atoms with E-state index in [0.717, 1.165) is 74.6 Å². The van der Waals surface area contributed by atoms with Crippen molar-refractivity contribution in [3.8, 4) is 0 Å².